The van der Waals surface area contributed by atoms with Crippen LogP contribution in [0.4, 0.5) is 0 Å². The molecule has 1 saturated carbocycles. The highest BCUT2D eigenvalue weighted by Crippen LogP contribution is 2.39. The van der Waals surface area contributed by atoms with Crippen LogP contribution < -0.4 is 0 Å². The van der Waals surface area contributed by atoms with Gasteiger partial charge < -0.3 is 0 Å². The molecule has 1 aliphatic rings. The minimum absolute atomic E-state index is 0.181. The normalized spacial score (nSPS) is 21.3. The molecule has 0 nitrogen and oxygen atoms in total. The van der Waals surface area contributed by atoms with Crippen molar-refractivity contribution in [2.24, 2.45) is 11.3 Å². The minimum atomic E-state index is 0.181. The predicted molar refractivity (Wildman–Crippen MR) is 64.1 cm³/mol. The average Bonchev–Trinajstić information content (AvgIpc) is 2.18. The van der Waals surface area contributed by atoms with E-state index in [4.69, 9.17) is 0 Å². The summed E-state index contributed by atoms with van der Waals surface area (Å²) >= 11 is 0. The van der Waals surface area contributed by atoms with Crippen LogP contribution in [0.5, 0.6) is 0 Å². The summed E-state index contributed by atoms with van der Waals surface area (Å²) in [6.45, 7) is 11.2. The van der Waals surface area contributed by atoms with Crippen LogP contribution in [0.15, 0.2) is 11.6 Å². The first-order valence-corrected chi connectivity index (χ1v) is 6.10. The molecule has 1 fully saturated rings. The summed E-state index contributed by atoms with van der Waals surface area (Å²) in [5, 5.41) is 0. The van der Waals surface area contributed by atoms with Crippen LogP contribution in [0.25, 0.3) is 0 Å². The van der Waals surface area contributed by atoms with Gasteiger partial charge in [-0.3, -0.25) is 0 Å². The molecule has 0 bridgehead atoms. The Labute approximate surface area is 89.8 Å². The monoisotopic (exact) mass is 193 g/mol. The molecule has 1 unspecified atom stereocenters. The van der Waals surface area contributed by atoms with Crippen LogP contribution in [0.1, 0.15) is 59.3 Å². The topological polar surface area (TPSA) is 0 Å². The molecule has 1 rings (SSSR count). The van der Waals surface area contributed by atoms with Gasteiger partial charge in [0.05, 0.1) is 0 Å². The molecule has 1 radical (unpaired) electrons. The first-order chi connectivity index (χ1) is 6.56. The zero-order valence-electron chi connectivity index (χ0n) is 10.1. The van der Waals surface area contributed by atoms with Crippen LogP contribution in [-0.4, -0.2) is 0 Å². The molecule has 0 heterocycles. The Morgan fingerprint density at radius 1 is 1.36 bits per heavy atom. The van der Waals surface area contributed by atoms with Gasteiger partial charge in [0, 0.05) is 0 Å². The maximum atomic E-state index is 4.41. The van der Waals surface area contributed by atoms with Gasteiger partial charge in [0.25, 0.3) is 0 Å². The quantitative estimate of drug-likeness (QED) is 0.567. The van der Waals surface area contributed by atoms with Gasteiger partial charge in [0.2, 0.25) is 0 Å². The molecule has 0 spiro atoms. The van der Waals surface area contributed by atoms with Crippen LogP contribution in [0, 0.1) is 18.3 Å². The fraction of sp³-hybridized carbons (Fsp3) is 0.786. The molecule has 0 N–H and O–H groups in total. The molecule has 0 aromatic heterocycles. The van der Waals surface area contributed by atoms with E-state index < -0.39 is 0 Å². The van der Waals surface area contributed by atoms with E-state index in [9.17, 15) is 0 Å². The smallest absolute Gasteiger partial charge is 0.0115 e. The highest BCUT2D eigenvalue weighted by Gasteiger charge is 2.28. The molecule has 0 saturated heterocycles. The molecule has 0 aromatic rings. The van der Waals surface area contributed by atoms with Gasteiger partial charge in [-0.25, -0.2) is 0 Å². The van der Waals surface area contributed by atoms with Gasteiger partial charge in [0.1, 0.15) is 0 Å². The van der Waals surface area contributed by atoms with Gasteiger partial charge in [0.15, 0.2) is 0 Å². The third-order valence-electron chi connectivity index (χ3n) is 3.67. The number of hydrogen-bond donors (Lipinski definition) is 0. The number of hydrogen-bond acceptors (Lipinski definition) is 0. The van der Waals surface area contributed by atoms with Gasteiger partial charge in [-0.05, 0) is 44.4 Å². The van der Waals surface area contributed by atoms with E-state index in [1.807, 2.05) is 0 Å². The van der Waals surface area contributed by atoms with Crippen molar-refractivity contribution in [2.75, 3.05) is 0 Å². The maximum Gasteiger partial charge on any atom is -0.0115 e. The van der Waals surface area contributed by atoms with E-state index in [0.29, 0.717) is 0 Å². The molecule has 0 amide bonds. The molecule has 0 aromatic carbocycles. The molecule has 0 heteroatoms. The second kappa shape index (κ2) is 5.00. The largest absolute Gasteiger partial charge is 0.0794 e. The van der Waals surface area contributed by atoms with E-state index in [1.165, 1.54) is 37.7 Å². The minimum Gasteiger partial charge on any atom is -0.0794 e. The van der Waals surface area contributed by atoms with E-state index >= 15 is 0 Å². The summed E-state index contributed by atoms with van der Waals surface area (Å²) in [5.74, 6) is 0.817. The second-order valence-corrected chi connectivity index (χ2v) is 5.18. The molecule has 1 atom stereocenters. The Morgan fingerprint density at radius 2 is 1.93 bits per heavy atom. The van der Waals surface area contributed by atoms with Crippen LogP contribution in [-0.2, 0) is 0 Å². The predicted octanol–water partition coefficient (Wildman–Crippen LogP) is 4.76. The fourth-order valence-corrected chi connectivity index (χ4v) is 2.54. The number of allylic oxidation sites excluding steroid dienone is 2. The second-order valence-electron chi connectivity index (χ2n) is 5.18. The zero-order chi connectivity index (χ0) is 10.6. The van der Waals surface area contributed by atoms with E-state index in [-0.39, 0.29) is 5.41 Å². The van der Waals surface area contributed by atoms with E-state index in [2.05, 4.69) is 33.8 Å². The molecular weight excluding hydrogens is 168 g/mol. The van der Waals surface area contributed by atoms with Crippen LogP contribution in [0.2, 0.25) is 0 Å². The standard InChI is InChI=1S/C14H25/c1-5-12(2)11-14(3,4)13-9-7-6-8-10-13/h11,13H,3,5-10H2,1-2,4H3. The lowest BCUT2D eigenvalue weighted by Crippen LogP contribution is -2.24. The number of rotatable bonds is 3. The molecule has 14 heavy (non-hydrogen) atoms. The summed E-state index contributed by atoms with van der Waals surface area (Å²) < 4.78 is 0. The van der Waals surface area contributed by atoms with Gasteiger partial charge in [-0.2, -0.15) is 0 Å². The average molecular weight is 193 g/mol. The lowest BCUT2D eigenvalue weighted by Gasteiger charge is -2.35. The third kappa shape index (κ3) is 3.15. The Morgan fingerprint density at radius 3 is 2.43 bits per heavy atom. The highest BCUT2D eigenvalue weighted by molar-refractivity contribution is 5.09. The van der Waals surface area contributed by atoms with E-state index in [0.717, 1.165) is 12.3 Å². The molecule has 0 aliphatic heterocycles. The molecule has 81 valence electrons. The lowest BCUT2D eigenvalue weighted by molar-refractivity contribution is 0.235. The zero-order valence-corrected chi connectivity index (χ0v) is 10.1. The van der Waals surface area contributed by atoms with Gasteiger partial charge in [-0.15, -0.1) is 0 Å². The van der Waals surface area contributed by atoms with Crippen molar-refractivity contribution in [3.8, 4) is 0 Å². The SMILES string of the molecule is [CH2]C(C)(C=C(C)CC)C1CCCCC1. The fourth-order valence-electron chi connectivity index (χ4n) is 2.54. The Balaban J connectivity index is 2.62. The first-order valence-electron chi connectivity index (χ1n) is 6.10. The maximum absolute atomic E-state index is 4.41. The molecular formula is C14H25. The highest BCUT2D eigenvalue weighted by atomic mass is 14.3. The third-order valence-corrected chi connectivity index (χ3v) is 3.67. The van der Waals surface area contributed by atoms with Gasteiger partial charge >= 0.3 is 0 Å². The summed E-state index contributed by atoms with van der Waals surface area (Å²) in [6, 6.07) is 0. The van der Waals surface area contributed by atoms with Crippen molar-refractivity contribution < 1.29 is 0 Å². The first kappa shape index (κ1) is 11.8. The summed E-state index contributed by atoms with van der Waals surface area (Å²) in [5.41, 5.74) is 1.67. The Kier molecular flexibility index (Phi) is 4.22. The van der Waals surface area contributed by atoms with Crippen LogP contribution >= 0.6 is 0 Å². The summed E-state index contributed by atoms with van der Waals surface area (Å²) in [6.07, 6.45) is 10.6. The van der Waals surface area contributed by atoms with Crippen molar-refractivity contribution in [1.29, 1.82) is 0 Å². The van der Waals surface area contributed by atoms with Crippen molar-refractivity contribution in [2.45, 2.75) is 59.3 Å². The van der Waals surface area contributed by atoms with Gasteiger partial charge in [-0.1, -0.05) is 44.8 Å². The van der Waals surface area contributed by atoms with Crippen molar-refractivity contribution in [1.82, 2.24) is 0 Å². The van der Waals surface area contributed by atoms with Crippen molar-refractivity contribution >= 4 is 0 Å². The molecule has 1 aliphatic carbocycles. The summed E-state index contributed by atoms with van der Waals surface area (Å²) in [7, 11) is 0. The Bertz CT molecular complexity index is 192. The van der Waals surface area contributed by atoms with E-state index in [1.54, 1.807) is 0 Å². The van der Waals surface area contributed by atoms with Crippen LogP contribution in [0.3, 0.4) is 0 Å². The lowest BCUT2D eigenvalue weighted by atomic mass is 9.70. The Hall–Kier alpha value is -0.260. The van der Waals surface area contributed by atoms with Crippen molar-refractivity contribution in [3.05, 3.63) is 18.6 Å². The van der Waals surface area contributed by atoms with Crippen molar-refractivity contribution in [3.63, 3.8) is 0 Å². The summed E-state index contributed by atoms with van der Waals surface area (Å²) in [4.78, 5) is 0.